The van der Waals surface area contributed by atoms with E-state index in [-0.39, 0.29) is 23.4 Å². The smallest absolute Gasteiger partial charge is 0.338 e. The normalized spacial score (nSPS) is 15.6. The second kappa shape index (κ2) is 9.29. The monoisotopic (exact) mass is 516 g/mol. The first-order valence-corrected chi connectivity index (χ1v) is 12.5. The summed E-state index contributed by atoms with van der Waals surface area (Å²) >= 11 is 1.21. The zero-order valence-electron chi connectivity index (χ0n) is 20.7. The molecule has 0 saturated carbocycles. The Morgan fingerprint density at radius 3 is 2.73 bits per heavy atom. The Hall–Kier alpha value is -4.31. The number of aromatic nitrogens is 2. The number of carbonyl (C=O) groups excluding carboxylic acids is 1. The van der Waals surface area contributed by atoms with Crippen LogP contribution in [0.1, 0.15) is 42.3 Å². The Morgan fingerprint density at radius 1 is 1.24 bits per heavy atom. The van der Waals surface area contributed by atoms with Crippen molar-refractivity contribution in [2.75, 3.05) is 6.61 Å². The first-order valence-electron chi connectivity index (χ1n) is 11.7. The average molecular weight is 517 g/mol. The number of hydrogen-bond acceptors (Lipinski definition) is 7. The van der Waals surface area contributed by atoms with Gasteiger partial charge in [-0.25, -0.2) is 9.79 Å². The van der Waals surface area contributed by atoms with Gasteiger partial charge in [0.1, 0.15) is 0 Å². The van der Waals surface area contributed by atoms with Crippen LogP contribution in [-0.4, -0.2) is 27.1 Å². The number of esters is 1. The number of benzene rings is 2. The number of aromatic amines is 1. The lowest BCUT2D eigenvalue weighted by atomic mass is 9.94. The van der Waals surface area contributed by atoms with E-state index in [9.17, 15) is 19.7 Å². The van der Waals surface area contributed by atoms with Crippen LogP contribution in [0.4, 0.5) is 5.69 Å². The first kappa shape index (κ1) is 24.4. The molecule has 1 atom stereocenters. The van der Waals surface area contributed by atoms with E-state index in [0.29, 0.717) is 26.2 Å². The second-order valence-electron chi connectivity index (χ2n) is 8.81. The molecule has 4 aromatic rings. The third kappa shape index (κ3) is 4.09. The molecule has 1 N–H and O–H groups in total. The number of ether oxygens (including phenoxy) is 1. The van der Waals surface area contributed by atoms with E-state index in [0.717, 1.165) is 22.2 Å². The van der Waals surface area contributed by atoms with Gasteiger partial charge >= 0.3 is 5.97 Å². The molecule has 0 spiro atoms. The van der Waals surface area contributed by atoms with E-state index < -0.39 is 16.9 Å². The van der Waals surface area contributed by atoms with E-state index in [4.69, 9.17) is 4.74 Å². The molecular formula is C27H24N4O5S. The fraction of sp³-hybridized carbons (Fsp3) is 0.222. The number of allylic oxidation sites excluding steroid dienone is 1. The molecule has 188 valence electrons. The number of nitrogens with zero attached hydrogens (tertiary/aromatic N) is 3. The highest BCUT2D eigenvalue weighted by atomic mass is 32.1. The minimum atomic E-state index is -0.916. The fourth-order valence-electron chi connectivity index (χ4n) is 4.72. The standard InChI is InChI=1S/C27H24N4O5S/c1-5-36-26(33)23-16(4)29-27-30(24(23)17-11-10-14(2)21(12-17)31(34)35)25(32)22(37-27)13-19-15(3)28-20-9-7-6-8-18(19)20/h6-13,24,28H,5H2,1-4H3. The van der Waals surface area contributed by atoms with Crippen molar-refractivity contribution in [1.29, 1.82) is 0 Å². The summed E-state index contributed by atoms with van der Waals surface area (Å²) < 4.78 is 7.18. The van der Waals surface area contributed by atoms with Crippen molar-refractivity contribution in [3.63, 3.8) is 0 Å². The van der Waals surface area contributed by atoms with Gasteiger partial charge in [0, 0.05) is 33.8 Å². The van der Waals surface area contributed by atoms with Crippen LogP contribution in [0.5, 0.6) is 0 Å². The first-order chi connectivity index (χ1) is 17.7. The number of aryl methyl sites for hydroxylation is 2. The molecule has 2 aromatic carbocycles. The molecule has 0 fully saturated rings. The zero-order valence-corrected chi connectivity index (χ0v) is 21.5. The lowest BCUT2D eigenvalue weighted by molar-refractivity contribution is -0.385. The summed E-state index contributed by atoms with van der Waals surface area (Å²) in [4.78, 5) is 46.4. The van der Waals surface area contributed by atoms with Crippen LogP contribution in [-0.2, 0) is 9.53 Å². The van der Waals surface area contributed by atoms with Crippen LogP contribution in [0.15, 0.2) is 63.5 Å². The Balaban J connectivity index is 1.78. The van der Waals surface area contributed by atoms with Crippen LogP contribution in [0.3, 0.4) is 0 Å². The lowest BCUT2D eigenvalue weighted by Gasteiger charge is -2.24. The van der Waals surface area contributed by atoms with E-state index in [2.05, 4.69) is 9.98 Å². The minimum Gasteiger partial charge on any atom is -0.463 e. The number of nitro groups is 1. The summed E-state index contributed by atoms with van der Waals surface area (Å²) in [6, 6.07) is 11.7. The summed E-state index contributed by atoms with van der Waals surface area (Å²) in [5.74, 6) is -0.612. The van der Waals surface area contributed by atoms with Crippen molar-refractivity contribution in [1.82, 2.24) is 9.55 Å². The average Bonchev–Trinajstić information content (AvgIpc) is 3.34. The van der Waals surface area contributed by atoms with Crippen molar-refractivity contribution >= 4 is 40.0 Å². The third-order valence-electron chi connectivity index (χ3n) is 6.48. The summed E-state index contributed by atoms with van der Waals surface area (Å²) in [6.07, 6.45) is 1.83. The molecule has 2 aromatic heterocycles. The van der Waals surface area contributed by atoms with Crippen LogP contribution < -0.4 is 14.9 Å². The number of nitrogens with one attached hydrogen (secondary N) is 1. The predicted molar refractivity (Wildman–Crippen MR) is 141 cm³/mol. The number of fused-ring (bicyclic) bond motifs is 2. The number of rotatable bonds is 5. The van der Waals surface area contributed by atoms with Crippen LogP contribution in [0.2, 0.25) is 0 Å². The highest BCUT2D eigenvalue weighted by Crippen LogP contribution is 2.33. The Morgan fingerprint density at radius 2 is 2.00 bits per heavy atom. The maximum atomic E-state index is 13.9. The van der Waals surface area contributed by atoms with Crippen LogP contribution in [0, 0.1) is 24.0 Å². The molecule has 37 heavy (non-hydrogen) atoms. The fourth-order valence-corrected chi connectivity index (χ4v) is 5.74. The summed E-state index contributed by atoms with van der Waals surface area (Å²) in [5.41, 5.74) is 3.85. The largest absolute Gasteiger partial charge is 0.463 e. The Kier molecular flexibility index (Phi) is 6.12. The molecule has 0 saturated heterocycles. The molecular weight excluding hydrogens is 492 g/mol. The van der Waals surface area contributed by atoms with Crippen LogP contribution in [0.25, 0.3) is 17.0 Å². The topological polar surface area (TPSA) is 120 Å². The van der Waals surface area contributed by atoms with Gasteiger partial charge in [-0.3, -0.25) is 19.5 Å². The van der Waals surface area contributed by atoms with Gasteiger partial charge in [-0.05, 0) is 45.4 Å². The van der Waals surface area contributed by atoms with Gasteiger partial charge in [0.05, 0.1) is 33.4 Å². The van der Waals surface area contributed by atoms with E-state index >= 15 is 0 Å². The number of para-hydroxylation sites is 1. The predicted octanol–water partition coefficient (Wildman–Crippen LogP) is 3.80. The molecule has 9 nitrogen and oxygen atoms in total. The highest BCUT2D eigenvalue weighted by Gasteiger charge is 2.34. The molecule has 5 rings (SSSR count). The number of thiazole rings is 1. The van der Waals surface area contributed by atoms with Crippen molar-refractivity contribution in [2.45, 2.75) is 33.7 Å². The lowest BCUT2D eigenvalue weighted by Crippen LogP contribution is -2.40. The summed E-state index contributed by atoms with van der Waals surface area (Å²) in [5, 5.41) is 12.7. The molecule has 0 amide bonds. The zero-order chi connectivity index (χ0) is 26.4. The Labute approximate surface area is 215 Å². The van der Waals surface area contributed by atoms with Gasteiger partial charge in [0.15, 0.2) is 4.80 Å². The maximum absolute atomic E-state index is 13.9. The maximum Gasteiger partial charge on any atom is 0.338 e. The number of H-pyrrole nitrogens is 1. The summed E-state index contributed by atoms with van der Waals surface area (Å²) in [7, 11) is 0. The van der Waals surface area contributed by atoms with Crippen molar-refractivity contribution < 1.29 is 14.5 Å². The SMILES string of the molecule is CCOC(=O)C1=C(C)N=c2sc(=Cc3c(C)[nH]c4ccccc34)c(=O)n2C1c1ccc(C)c([N+](=O)[O-])c1. The van der Waals surface area contributed by atoms with E-state index in [1.807, 2.05) is 37.3 Å². The Bertz CT molecular complexity index is 1810. The number of hydrogen-bond donors (Lipinski definition) is 1. The van der Waals surface area contributed by atoms with E-state index in [1.54, 1.807) is 32.9 Å². The van der Waals surface area contributed by atoms with E-state index in [1.165, 1.54) is 22.0 Å². The number of nitro benzene ring substituents is 1. The molecule has 1 unspecified atom stereocenters. The second-order valence-corrected chi connectivity index (χ2v) is 9.82. The van der Waals surface area contributed by atoms with Crippen LogP contribution >= 0.6 is 11.3 Å². The number of carbonyl (C=O) groups is 1. The van der Waals surface area contributed by atoms with Gasteiger partial charge in [-0.15, -0.1) is 0 Å². The molecule has 0 aliphatic carbocycles. The van der Waals surface area contributed by atoms with Gasteiger partial charge in [-0.2, -0.15) is 0 Å². The third-order valence-corrected chi connectivity index (χ3v) is 7.46. The van der Waals surface area contributed by atoms with Gasteiger partial charge in [0.25, 0.3) is 11.2 Å². The molecule has 1 aliphatic rings. The molecule has 0 radical (unpaired) electrons. The van der Waals surface area contributed by atoms with Gasteiger partial charge in [0.2, 0.25) is 0 Å². The molecule has 10 heteroatoms. The molecule has 1 aliphatic heterocycles. The van der Waals surface area contributed by atoms with Crippen molar-refractivity contribution in [3.8, 4) is 0 Å². The highest BCUT2D eigenvalue weighted by molar-refractivity contribution is 7.07. The molecule has 3 heterocycles. The molecule has 0 bridgehead atoms. The van der Waals surface area contributed by atoms with Crippen molar-refractivity contribution in [2.24, 2.45) is 4.99 Å². The quantitative estimate of drug-likeness (QED) is 0.246. The van der Waals surface area contributed by atoms with Crippen molar-refractivity contribution in [3.05, 3.63) is 106 Å². The summed E-state index contributed by atoms with van der Waals surface area (Å²) in [6.45, 7) is 7.10. The van der Waals surface area contributed by atoms with Gasteiger partial charge in [-0.1, -0.05) is 41.7 Å². The minimum absolute atomic E-state index is 0.0908. The van der Waals surface area contributed by atoms with Gasteiger partial charge < -0.3 is 9.72 Å².